The van der Waals surface area contributed by atoms with Crippen molar-refractivity contribution in [2.75, 3.05) is 37.6 Å². The largest absolute Gasteiger partial charge is 0.339 e. The molecule has 9 nitrogen and oxygen atoms in total. The Morgan fingerprint density at radius 2 is 1.80 bits per heavy atom. The molecule has 25 heavy (non-hydrogen) atoms. The van der Waals surface area contributed by atoms with Crippen molar-refractivity contribution in [2.45, 2.75) is 25.8 Å². The van der Waals surface area contributed by atoms with Crippen molar-refractivity contribution in [3.63, 3.8) is 0 Å². The number of imide groups is 1. The average Bonchev–Trinajstić information content (AvgIpc) is 2.81. The third kappa shape index (κ3) is 3.54. The number of hydrogen-bond donors (Lipinski definition) is 1. The molecule has 1 aromatic rings. The summed E-state index contributed by atoms with van der Waals surface area (Å²) in [4.78, 5) is 49.7. The molecule has 2 aliphatic heterocycles. The molecule has 3 rings (SSSR count). The zero-order valence-corrected chi connectivity index (χ0v) is 14.4. The average molecular weight is 346 g/mol. The Bertz CT molecular complexity index is 670. The Labute approximate surface area is 146 Å². The molecule has 0 bridgehead atoms. The van der Waals surface area contributed by atoms with Crippen LogP contribution in [0.1, 0.15) is 20.3 Å². The van der Waals surface area contributed by atoms with E-state index < -0.39 is 11.6 Å². The zero-order chi connectivity index (χ0) is 18.0. The van der Waals surface area contributed by atoms with Crippen LogP contribution in [-0.2, 0) is 9.59 Å². The van der Waals surface area contributed by atoms with Gasteiger partial charge in [0.1, 0.15) is 5.54 Å². The minimum atomic E-state index is -0.901. The molecule has 1 aromatic heterocycles. The third-order valence-electron chi connectivity index (χ3n) is 4.46. The lowest BCUT2D eigenvalue weighted by Gasteiger charge is -2.34. The van der Waals surface area contributed by atoms with Crippen LogP contribution in [-0.4, -0.2) is 75.9 Å². The van der Waals surface area contributed by atoms with E-state index >= 15 is 0 Å². The van der Waals surface area contributed by atoms with Crippen molar-refractivity contribution in [3.8, 4) is 0 Å². The molecule has 0 aromatic carbocycles. The maximum Gasteiger partial charge on any atom is 0.325 e. The van der Waals surface area contributed by atoms with E-state index in [1.165, 1.54) is 0 Å². The Morgan fingerprint density at radius 1 is 1.16 bits per heavy atom. The molecule has 0 atom stereocenters. The van der Waals surface area contributed by atoms with Gasteiger partial charge in [0.15, 0.2) is 0 Å². The number of urea groups is 1. The van der Waals surface area contributed by atoms with E-state index in [1.54, 1.807) is 37.2 Å². The lowest BCUT2D eigenvalue weighted by atomic mass is 10.1. The minimum absolute atomic E-state index is 0.0565. The molecule has 4 amide bonds. The number of amides is 4. The molecular weight excluding hydrogens is 324 g/mol. The van der Waals surface area contributed by atoms with Gasteiger partial charge in [-0.05, 0) is 19.9 Å². The highest BCUT2D eigenvalue weighted by atomic mass is 16.2. The molecule has 0 aliphatic carbocycles. The number of carbonyl (C=O) groups is 3. The van der Waals surface area contributed by atoms with E-state index in [9.17, 15) is 14.4 Å². The number of nitrogens with one attached hydrogen (secondary N) is 1. The van der Waals surface area contributed by atoms with E-state index in [-0.39, 0.29) is 24.8 Å². The topological polar surface area (TPSA) is 98.7 Å². The standard InChI is InChI=1S/C16H22N6O3/c1-16(2)13(24)22(15(25)19-16)7-4-12(23)20-8-10-21(11-9-20)14-17-5-3-6-18-14/h3,5-6H,4,7-11H2,1-2H3,(H,19,25). The summed E-state index contributed by atoms with van der Waals surface area (Å²) in [6, 6.07) is 1.33. The first-order valence-corrected chi connectivity index (χ1v) is 8.32. The van der Waals surface area contributed by atoms with Gasteiger partial charge in [0.05, 0.1) is 0 Å². The molecule has 2 fully saturated rings. The third-order valence-corrected chi connectivity index (χ3v) is 4.46. The van der Waals surface area contributed by atoms with Gasteiger partial charge < -0.3 is 15.1 Å². The molecule has 0 spiro atoms. The molecular formula is C16H22N6O3. The van der Waals surface area contributed by atoms with E-state index in [2.05, 4.69) is 15.3 Å². The summed E-state index contributed by atoms with van der Waals surface area (Å²) in [6.07, 6.45) is 3.52. The Balaban J connectivity index is 1.49. The maximum atomic E-state index is 12.4. The molecule has 134 valence electrons. The summed E-state index contributed by atoms with van der Waals surface area (Å²) in [7, 11) is 0. The van der Waals surface area contributed by atoms with Gasteiger partial charge in [-0.15, -0.1) is 0 Å². The minimum Gasteiger partial charge on any atom is -0.339 e. The second-order valence-electron chi connectivity index (χ2n) is 6.68. The van der Waals surface area contributed by atoms with Gasteiger partial charge in [-0.3, -0.25) is 14.5 Å². The van der Waals surface area contributed by atoms with Crippen LogP contribution in [0, 0.1) is 0 Å². The molecule has 9 heteroatoms. The lowest BCUT2D eigenvalue weighted by molar-refractivity contribution is -0.133. The fourth-order valence-electron chi connectivity index (χ4n) is 3.00. The molecule has 1 N–H and O–H groups in total. The number of carbonyl (C=O) groups excluding carboxylic acids is 3. The number of piperazine rings is 1. The lowest BCUT2D eigenvalue weighted by Crippen LogP contribution is -2.50. The number of hydrogen-bond acceptors (Lipinski definition) is 6. The van der Waals surface area contributed by atoms with E-state index in [4.69, 9.17) is 0 Å². The predicted molar refractivity (Wildman–Crippen MR) is 89.8 cm³/mol. The van der Waals surface area contributed by atoms with Crippen molar-refractivity contribution in [3.05, 3.63) is 18.5 Å². The normalized spacial score (nSPS) is 20.0. The fourth-order valence-corrected chi connectivity index (χ4v) is 3.00. The monoisotopic (exact) mass is 346 g/mol. The molecule has 2 saturated heterocycles. The van der Waals surface area contributed by atoms with Gasteiger partial charge in [0.25, 0.3) is 5.91 Å². The molecule has 2 aliphatic rings. The van der Waals surface area contributed by atoms with Crippen molar-refractivity contribution in [1.82, 2.24) is 25.1 Å². The van der Waals surface area contributed by atoms with Crippen molar-refractivity contribution >= 4 is 23.8 Å². The van der Waals surface area contributed by atoms with Crippen molar-refractivity contribution in [2.24, 2.45) is 0 Å². The summed E-state index contributed by atoms with van der Waals surface area (Å²) in [5, 5.41) is 2.61. The van der Waals surface area contributed by atoms with E-state index in [0.29, 0.717) is 32.1 Å². The van der Waals surface area contributed by atoms with Crippen LogP contribution in [0.5, 0.6) is 0 Å². The Morgan fingerprint density at radius 3 is 2.36 bits per heavy atom. The quantitative estimate of drug-likeness (QED) is 0.761. The van der Waals surface area contributed by atoms with Crippen molar-refractivity contribution in [1.29, 1.82) is 0 Å². The summed E-state index contributed by atoms with van der Waals surface area (Å²) in [5.74, 6) is 0.312. The summed E-state index contributed by atoms with van der Waals surface area (Å²) < 4.78 is 0. The van der Waals surface area contributed by atoms with Crippen molar-refractivity contribution < 1.29 is 14.4 Å². The Kier molecular flexibility index (Phi) is 4.56. The summed E-state index contributed by atoms with van der Waals surface area (Å²) in [5.41, 5.74) is -0.901. The van der Waals surface area contributed by atoms with Gasteiger partial charge in [0, 0.05) is 51.5 Å². The van der Waals surface area contributed by atoms with E-state index in [0.717, 1.165) is 4.90 Å². The van der Waals surface area contributed by atoms with Gasteiger partial charge >= 0.3 is 6.03 Å². The van der Waals surface area contributed by atoms with Crippen LogP contribution in [0.25, 0.3) is 0 Å². The first-order valence-electron chi connectivity index (χ1n) is 8.32. The van der Waals surface area contributed by atoms with Gasteiger partial charge in [-0.1, -0.05) is 0 Å². The van der Waals surface area contributed by atoms with Crippen LogP contribution < -0.4 is 10.2 Å². The zero-order valence-electron chi connectivity index (χ0n) is 14.4. The maximum absolute atomic E-state index is 12.4. The van der Waals surface area contributed by atoms with Crippen LogP contribution in [0.2, 0.25) is 0 Å². The SMILES string of the molecule is CC1(C)NC(=O)N(CCC(=O)N2CCN(c3ncccn3)CC2)C1=O. The van der Waals surface area contributed by atoms with Crippen LogP contribution in [0.3, 0.4) is 0 Å². The molecule has 0 unspecified atom stereocenters. The van der Waals surface area contributed by atoms with Crippen LogP contribution in [0.15, 0.2) is 18.5 Å². The van der Waals surface area contributed by atoms with E-state index in [1.807, 2.05) is 4.90 Å². The van der Waals surface area contributed by atoms with Gasteiger partial charge in [-0.25, -0.2) is 14.8 Å². The smallest absolute Gasteiger partial charge is 0.325 e. The predicted octanol–water partition coefficient (Wildman–Crippen LogP) is -0.154. The molecule has 0 radical (unpaired) electrons. The first-order chi connectivity index (χ1) is 11.9. The number of aromatic nitrogens is 2. The van der Waals surface area contributed by atoms with Gasteiger partial charge in [-0.2, -0.15) is 0 Å². The van der Waals surface area contributed by atoms with Crippen LogP contribution >= 0.6 is 0 Å². The highest BCUT2D eigenvalue weighted by molar-refractivity contribution is 6.06. The summed E-state index contributed by atoms with van der Waals surface area (Å²) >= 11 is 0. The molecule has 3 heterocycles. The fraction of sp³-hybridized carbons (Fsp3) is 0.562. The van der Waals surface area contributed by atoms with Gasteiger partial charge in [0.2, 0.25) is 11.9 Å². The number of nitrogens with zero attached hydrogens (tertiary/aromatic N) is 5. The summed E-state index contributed by atoms with van der Waals surface area (Å²) in [6.45, 7) is 5.87. The number of anilines is 1. The highest BCUT2D eigenvalue weighted by Gasteiger charge is 2.44. The second kappa shape index (κ2) is 6.66. The highest BCUT2D eigenvalue weighted by Crippen LogP contribution is 2.17. The first kappa shape index (κ1) is 17.1. The molecule has 0 saturated carbocycles. The van der Waals surface area contributed by atoms with Crippen LogP contribution in [0.4, 0.5) is 10.7 Å². The second-order valence-corrected chi connectivity index (χ2v) is 6.68. The Hall–Kier alpha value is -2.71. The number of rotatable bonds is 4.